The Labute approximate surface area is 220 Å². The van der Waals surface area contributed by atoms with Gasteiger partial charge >= 0.3 is 0 Å². The van der Waals surface area contributed by atoms with Crippen molar-refractivity contribution in [3.63, 3.8) is 0 Å². The van der Waals surface area contributed by atoms with E-state index in [2.05, 4.69) is 5.32 Å². The van der Waals surface area contributed by atoms with Crippen molar-refractivity contribution >= 4 is 11.8 Å². The fourth-order valence-corrected chi connectivity index (χ4v) is 4.16. The van der Waals surface area contributed by atoms with Crippen LogP contribution in [0.2, 0.25) is 0 Å². The first kappa shape index (κ1) is 27.8. The molecule has 6 heteroatoms. The average Bonchev–Trinajstić information content (AvgIpc) is 2.85. The van der Waals surface area contributed by atoms with Crippen molar-refractivity contribution < 1.29 is 19.1 Å². The number of carbonyl (C=O) groups is 2. The average molecular weight is 503 g/mol. The molecule has 0 fully saturated rings. The van der Waals surface area contributed by atoms with Gasteiger partial charge in [0, 0.05) is 18.5 Å². The van der Waals surface area contributed by atoms with Crippen LogP contribution in [0.4, 0.5) is 0 Å². The van der Waals surface area contributed by atoms with Crippen molar-refractivity contribution in [3.05, 3.63) is 95.1 Å². The number of nitrogens with zero attached hydrogens (tertiary/aromatic N) is 1. The Morgan fingerprint density at radius 3 is 2.27 bits per heavy atom. The molecule has 0 saturated carbocycles. The minimum atomic E-state index is -0.733. The summed E-state index contributed by atoms with van der Waals surface area (Å²) >= 11 is 0. The summed E-state index contributed by atoms with van der Waals surface area (Å²) in [5.41, 5.74) is 3.46. The van der Waals surface area contributed by atoms with Crippen LogP contribution in [0.25, 0.3) is 0 Å². The van der Waals surface area contributed by atoms with Gasteiger partial charge in [-0.05, 0) is 69.5 Å². The smallest absolute Gasteiger partial charge is 0.261 e. The lowest BCUT2D eigenvalue weighted by molar-refractivity contribution is -0.143. The zero-order chi connectivity index (χ0) is 27.0. The molecule has 0 aliphatic heterocycles. The van der Waals surface area contributed by atoms with Gasteiger partial charge in [0.05, 0.1) is 7.11 Å². The molecule has 2 amide bonds. The van der Waals surface area contributed by atoms with E-state index >= 15 is 0 Å². The van der Waals surface area contributed by atoms with E-state index in [-0.39, 0.29) is 25.0 Å². The lowest BCUT2D eigenvalue weighted by Crippen LogP contribution is -2.55. The van der Waals surface area contributed by atoms with E-state index in [9.17, 15) is 9.59 Å². The molecule has 0 aliphatic carbocycles. The van der Waals surface area contributed by atoms with Crippen LogP contribution >= 0.6 is 0 Å². The Morgan fingerprint density at radius 1 is 0.919 bits per heavy atom. The summed E-state index contributed by atoms with van der Waals surface area (Å²) in [7, 11) is 1.61. The summed E-state index contributed by atoms with van der Waals surface area (Å²) in [5.74, 6) is 0.862. The maximum Gasteiger partial charge on any atom is 0.261 e. The molecule has 6 nitrogen and oxygen atoms in total. The highest BCUT2D eigenvalue weighted by Gasteiger charge is 2.32. The second kappa shape index (κ2) is 12.4. The number of benzene rings is 3. The van der Waals surface area contributed by atoms with Gasteiger partial charge in [0.1, 0.15) is 17.5 Å². The Kier molecular flexibility index (Phi) is 9.34. The number of nitrogens with one attached hydrogen (secondary N) is 1. The first-order chi connectivity index (χ1) is 17.6. The minimum absolute atomic E-state index is 0.179. The molecule has 0 saturated heterocycles. The number of aryl methyl sites for hydroxylation is 2. The summed E-state index contributed by atoms with van der Waals surface area (Å²) in [6.45, 7) is 9.82. The third-order valence-electron chi connectivity index (χ3n) is 5.94. The summed E-state index contributed by atoms with van der Waals surface area (Å²) in [6.07, 6.45) is 0.377. The molecular formula is C31H38N2O4. The lowest BCUT2D eigenvalue weighted by Gasteiger charge is -2.34. The van der Waals surface area contributed by atoms with Gasteiger partial charge in [0.2, 0.25) is 5.91 Å². The third-order valence-corrected chi connectivity index (χ3v) is 5.94. The van der Waals surface area contributed by atoms with Gasteiger partial charge in [-0.15, -0.1) is 0 Å². The van der Waals surface area contributed by atoms with Gasteiger partial charge in [0.15, 0.2) is 6.61 Å². The number of carbonyl (C=O) groups excluding carboxylic acids is 2. The van der Waals surface area contributed by atoms with Crippen LogP contribution in [-0.4, -0.2) is 42.0 Å². The van der Waals surface area contributed by atoms with Gasteiger partial charge in [-0.25, -0.2) is 0 Å². The van der Waals surface area contributed by atoms with E-state index in [0.29, 0.717) is 17.9 Å². The van der Waals surface area contributed by atoms with Gasteiger partial charge < -0.3 is 19.7 Å². The molecule has 0 aromatic heterocycles. The quantitative estimate of drug-likeness (QED) is 0.411. The van der Waals surface area contributed by atoms with Crippen LogP contribution in [0.1, 0.15) is 43.0 Å². The fraction of sp³-hybridized carbons (Fsp3) is 0.355. The van der Waals surface area contributed by atoms with Crippen molar-refractivity contribution in [2.45, 2.75) is 59.2 Å². The van der Waals surface area contributed by atoms with Crippen LogP contribution in [0.3, 0.4) is 0 Å². The molecule has 0 radical (unpaired) electrons. The van der Waals surface area contributed by atoms with Crippen LogP contribution in [0.15, 0.2) is 72.8 Å². The molecule has 0 unspecified atom stereocenters. The maximum atomic E-state index is 13.7. The molecule has 3 rings (SSSR count). The molecule has 3 aromatic carbocycles. The summed E-state index contributed by atoms with van der Waals surface area (Å²) < 4.78 is 11.3. The number of rotatable bonds is 10. The van der Waals surface area contributed by atoms with Gasteiger partial charge in [-0.3, -0.25) is 9.59 Å². The molecule has 0 bridgehead atoms. The predicted molar refractivity (Wildman–Crippen MR) is 147 cm³/mol. The summed E-state index contributed by atoms with van der Waals surface area (Å²) in [4.78, 5) is 29.0. The highest BCUT2D eigenvalue weighted by Crippen LogP contribution is 2.21. The van der Waals surface area contributed by atoms with Crippen LogP contribution in [0, 0.1) is 13.8 Å². The zero-order valence-electron chi connectivity index (χ0n) is 22.7. The molecule has 1 atom stereocenters. The Morgan fingerprint density at radius 2 is 1.62 bits per heavy atom. The number of hydrogen-bond donors (Lipinski definition) is 1. The Bertz CT molecular complexity index is 1200. The molecule has 0 spiro atoms. The Hall–Kier alpha value is -3.80. The van der Waals surface area contributed by atoms with Crippen LogP contribution in [0.5, 0.6) is 11.5 Å². The minimum Gasteiger partial charge on any atom is -0.497 e. The first-order valence-corrected chi connectivity index (χ1v) is 12.5. The van der Waals surface area contributed by atoms with Gasteiger partial charge in [0.25, 0.3) is 5.91 Å². The molecule has 1 N–H and O–H groups in total. The van der Waals surface area contributed by atoms with Crippen molar-refractivity contribution in [2.75, 3.05) is 13.7 Å². The van der Waals surface area contributed by atoms with E-state index in [4.69, 9.17) is 9.47 Å². The monoisotopic (exact) mass is 502 g/mol. The normalized spacial score (nSPS) is 11.9. The number of ether oxygens (including phenoxy) is 2. The first-order valence-electron chi connectivity index (χ1n) is 12.5. The van der Waals surface area contributed by atoms with Gasteiger partial charge in [-0.1, -0.05) is 60.2 Å². The molecule has 0 aliphatic rings. The van der Waals surface area contributed by atoms with E-state index in [1.165, 1.54) is 0 Å². The van der Waals surface area contributed by atoms with Crippen molar-refractivity contribution in [1.29, 1.82) is 0 Å². The van der Waals surface area contributed by atoms with E-state index in [1.807, 2.05) is 107 Å². The fourth-order valence-electron chi connectivity index (χ4n) is 4.16. The van der Waals surface area contributed by atoms with E-state index in [1.54, 1.807) is 12.0 Å². The molecule has 37 heavy (non-hydrogen) atoms. The van der Waals surface area contributed by atoms with Crippen molar-refractivity contribution in [3.8, 4) is 11.5 Å². The predicted octanol–water partition coefficient (Wildman–Crippen LogP) is 5.25. The lowest BCUT2D eigenvalue weighted by atomic mass is 10.0. The van der Waals surface area contributed by atoms with E-state index < -0.39 is 11.6 Å². The topological polar surface area (TPSA) is 67.9 Å². The van der Waals surface area contributed by atoms with Gasteiger partial charge in [-0.2, -0.15) is 0 Å². The second-order valence-corrected chi connectivity index (χ2v) is 10.4. The highest BCUT2D eigenvalue weighted by molar-refractivity contribution is 5.89. The van der Waals surface area contributed by atoms with Crippen molar-refractivity contribution in [2.24, 2.45) is 0 Å². The number of amides is 2. The SMILES string of the molecule is COc1cccc(CN(C(=O)COc2ccc(C)cc2C)[C@H](Cc2ccccc2)C(=O)NC(C)(C)C)c1. The number of hydrogen-bond acceptors (Lipinski definition) is 4. The standard InChI is InChI=1S/C31H38N2O4/c1-22-15-16-28(23(2)17-22)37-21-29(34)33(20-25-13-10-14-26(18-25)36-6)27(30(35)32-31(3,4)5)19-24-11-8-7-9-12-24/h7-18,27H,19-21H2,1-6H3,(H,32,35)/t27-/m1/s1. The molecular weight excluding hydrogens is 464 g/mol. The molecule has 3 aromatic rings. The molecule has 196 valence electrons. The van der Waals surface area contributed by atoms with Crippen LogP contribution < -0.4 is 14.8 Å². The summed E-state index contributed by atoms with van der Waals surface area (Å²) in [5, 5.41) is 3.07. The van der Waals surface area contributed by atoms with Crippen LogP contribution in [-0.2, 0) is 22.6 Å². The maximum absolute atomic E-state index is 13.7. The third kappa shape index (κ3) is 8.38. The Balaban J connectivity index is 1.95. The highest BCUT2D eigenvalue weighted by atomic mass is 16.5. The largest absolute Gasteiger partial charge is 0.497 e. The second-order valence-electron chi connectivity index (χ2n) is 10.4. The number of methoxy groups -OCH3 is 1. The van der Waals surface area contributed by atoms with E-state index in [0.717, 1.165) is 22.3 Å². The summed E-state index contributed by atoms with van der Waals surface area (Å²) in [6, 6.07) is 22.4. The zero-order valence-corrected chi connectivity index (χ0v) is 22.7. The van der Waals surface area contributed by atoms with Crippen molar-refractivity contribution in [1.82, 2.24) is 10.2 Å². The molecule has 0 heterocycles.